The molecule has 0 fully saturated rings. The molecule has 0 atom stereocenters. The van der Waals surface area contributed by atoms with E-state index >= 15 is 0 Å². The van der Waals surface area contributed by atoms with Crippen LogP contribution in [0.2, 0.25) is 15.2 Å². The molecule has 33 heavy (non-hydrogen) atoms. The van der Waals surface area contributed by atoms with Gasteiger partial charge in [0.15, 0.2) is 0 Å². The number of hydrogen-bond donors (Lipinski definition) is 1. The van der Waals surface area contributed by atoms with Crippen molar-refractivity contribution in [3.8, 4) is 17.3 Å². The Hall–Kier alpha value is -3.46. The van der Waals surface area contributed by atoms with Crippen LogP contribution in [0.3, 0.4) is 0 Å². The fourth-order valence-corrected chi connectivity index (χ4v) is 4.26. The molecule has 0 saturated heterocycles. The molecule has 0 unspecified atom stereocenters. The number of phenolic OH excluding ortho intramolecular Hbond substituents is 1. The summed E-state index contributed by atoms with van der Waals surface area (Å²) >= 11 is 19.0. The van der Waals surface area contributed by atoms with Crippen LogP contribution in [0, 0.1) is 0 Å². The molecular weight excluding hydrogens is 489 g/mol. The molecule has 3 heterocycles. The molecule has 0 aliphatic rings. The van der Waals surface area contributed by atoms with Gasteiger partial charge in [0.2, 0.25) is 11.6 Å². The van der Waals surface area contributed by atoms with Gasteiger partial charge < -0.3 is 14.2 Å². The predicted molar refractivity (Wildman–Crippen MR) is 123 cm³/mol. The molecule has 11 heteroatoms. The Balaban J connectivity index is 1.61. The number of ketones is 1. The van der Waals surface area contributed by atoms with Crippen molar-refractivity contribution in [2.75, 3.05) is 0 Å². The Bertz CT molecular complexity index is 1520. The number of benzene rings is 2. The van der Waals surface area contributed by atoms with E-state index < -0.39 is 5.78 Å². The van der Waals surface area contributed by atoms with Crippen molar-refractivity contribution in [3.63, 3.8) is 0 Å². The first kappa shape index (κ1) is 21.4. The lowest BCUT2D eigenvalue weighted by molar-refractivity contribution is 0.102. The lowest BCUT2D eigenvalue weighted by atomic mass is 10.1. The number of carbonyl (C=O) groups is 1. The number of aromatic hydroxyl groups is 1. The average Bonchev–Trinajstić information content (AvgIpc) is 3.39. The first-order valence-electron chi connectivity index (χ1n) is 9.52. The van der Waals surface area contributed by atoms with Crippen molar-refractivity contribution in [2.24, 2.45) is 0 Å². The van der Waals surface area contributed by atoms with Gasteiger partial charge in [-0.3, -0.25) is 4.79 Å². The second kappa shape index (κ2) is 8.47. The maximum Gasteiger partial charge on any atom is 0.277 e. The molecule has 2 aromatic carbocycles. The van der Waals surface area contributed by atoms with Crippen LogP contribution in [0.25, 0.3) is 22.5 Å². The van der Waals surface area contributed by atoms with Crippen LogP contribution < -0.4 is 0 Å². The zero-order chi connectivity index (χ0) is 23.1. The van der Waals surface area contributed by atoms with E-state index in [-0.39, 0.29) is 34.7 Å². The number of fused-ring (bicyclic) bond motifs is 1. The Morgan fingerprint density at radius 1 is 1.09 bits per heavy atom. The Morgan fingerprint density at radius 3 is 2.70 bits per heavy atom. The van der Waals surface area contributed by atoms with Gasteiger partial charge in [-0.15, -0.1) is 0 Å². The SMILES string of the molecule is O=C(c1noc(-c2ccncn2)n1)c1c(Cl)n(Cc2ccc(Cl)cc2Cl)c2ccc(O)cc12. The molecule has 0 spiro atoms. The quantitative estimate of drug-likeness (QED) is 0.321. The topological polar surface area (TPSA) is 107 Å². The largest absolute Gasteiger partial charge is 0.508 e. The smallest absolute Gasteiger partial charge is 0.277 e. The molecular formula is C22H12Cl3N5O3. The van der Waals surface area contributed by atoms with E-state index in [1.165, 1.54) is 24.7 Å². The van der Waals surface area contributed by atoms with E-state index in [9.17, 15) is 9.90 Å². The molecule has 0 radical (unpaired) electrons. The van der Waals surface area contributed by atoms with Crippen LogP contribution >= 0.6 is 34.8 Å². The third-order valence-corrected chi connectivity index (χ3v) is 5.96. The third kappa shape index (κ3) is 3.93. The second-order valence-corrected chi connectivity index (χ2v) is 8.24. The summed E-state index contributed by atoms with van der Waals surface area (Å²) in [6.07, 6.45) is 2.85. The van der Waals surface area contributed by atoms with Crippen LogP contribution in [0.4, 0.5) is 0 Å². The number of halogens is 3. The highest BCUT2D eigenvalue weighted by atomic mass is 35.5. The fourth-order valence-electron chi connectivity index (χ4n) is 3.45. The molecule has 0 aliphatic heterocycles. The molecule has 1 N–H and O–H groups in total. The Labute approximate surface area is 201 Å². The summed E-state index contributed by atoms with van der Waals surface area (Å²) in [7, 11) is 0. The minimum atomic E-state index is -0.569. The molecule has 5 rings (SSSR count). The fraction of sp³-hybridized carbons (Fsp3) is 0.0455. The first-order valence-corrected chi connectivity index (χ1v) is 10.6. The van der Waals surface area contributed by atoms with Crippen molar-refractivity contribution >= 4 is 51.5 Å². The standard InChI is InChI=1S/C22H12Cl3N5O3/c23-12-2-1-11(15(24)7-12)9-30-17-4-3-13(31)8-14(17)18(20(30)25)19(32)21-28-22(33-29-21)16-5-6-26-10-27-16/h1-8,10,31H,9H2. The van der Waals surface area contributed by atoms with E-state index in [1.807, 2.05) is 0 Å². The van der Waals surface area contributed by atoms with Crippen LogP contribution in [0.5, 0.6) is 5.75 Å². The van der Waals surface area contributed by atoms with Crippen molar-refractivity contribution in [3.05, 3.63) is 87.1 Å². The van der Waals surface area contributed by atoms with E-state index in [0.29, 0.717) is 26.6 Å². The maximum atomic E-state index is 13.4. The van der Waals surface area contributed by atoms with Crippen LogP contribution in [0.1, 0.15) is 21.7 Å². The predicted octanol–water partition coefficient (Wildman–Crippen LogP) is 5.43. The molecule has 5 aromatic rings. The van der Waals surface area contributed by atoms with Gasteiger partial charge in [0.25, 0.3) is 5.89 Å². The summed E-state index contributed by atoms with van der Waals surface area (Å²) in [5, 5.41) is 15.4. The molecule has 0 aliphatic carbocycles. The minimum absolute atomic E-state index is 0.0234. The molecule has 0 amide bonds. The molecule has 0 bridgehead atoms. The van der Waals surface area contributed by atoms with Crippen molar-refractivity contribution < 1.29 is 14.4 Å². The van der Waals surface area contributed by atoms with E-state index in [0.717, 1.165) is 5.56 Å². The van der Waals surface area contributed by atoms with Crippen LogP contribution in [-0.2, 0) is 6.54 Å². The van der Waals surface area contributed by atoms with E-state index in [4.69, 9.17) is 39.3 Å². The second-order valence-electron chi connectivity index (χ2n) is 7.04. The van der Waals surface area contributed by atoms with Crippen molar-refractivity contribution in [1.82, 2.24) is 24.7 Å². The number of carbonyl (C=O) groups excluding carboxylic acids is 1. The summed E-state index contributed by atoms with van der Waals surface area (Å²) in [4.78, 5) is 25.4. The number of rotatable bonds is 5. The highest BCUT2D eigenvalue weighted by Crippen LogP contribution is 2.35. The zero-order valence-corrected chi connectivity index (χ0v) is 18.8. The molecule has 8 nitrogen and oxygen atoms in total. The molecule has 164 valence electrons. The molecule has 0 saturated carbocycles. The van der Waals surface area contributed by atoms with Gasteiger partial charge in [-0.05, 0) is 42.0 Å². The van der Waals surface area contributed by atoms with E-state index in [1.54, 1.807) is 34.9 Å². The Kier molecular flexibility index (Phi) is 5.49. The molecule has 3 aromatic heterocycles. The summed E-state index contributed by atoms with van der Waals surface area (Å²) in [5.41, 5.74) is 1.87. The van der Waals surface area contributed by atoms with Crippen molar-refractivity contribution in [1.29, 1.82) is 0 Å². The van der Waals surface area contributed by atoms with Crippen LogP contribution in [0.15, 0.2) is 59.5 Å². The lowest BCUT2D eigenvalue weighted by Gasteiger charge is -2.09. The monoisotopic (exact) mass is 499 g/mol. The summed E-state index contributed by atoms with van der Waals surface area (Å²) in [6, 6.07) is 11.3. The normalized spacial score (nSPS) is 11.2. The number of phenols is 1. The minimum Gasteiger partial charge on any atom is -0.508 e. The van der Waals surface area contributed by atoms with Gasteiger partial charge in [-0.2, -0.15) is 4.98 Å². The van der Waals surface area contributed by atoms with Gasteiger partial charge in [-0.25, -0.2) is 9.97 Å². The number of aromatic nitrogens is 5. The average molecular weight is 501 g/mol. The van der Waals surface area contributed by atoms with Gasteiger partial charge in [0, 0.05) is 21.6 Å². The van der Waals surface area contributed by atoms with Gasteiger partial charge in [0.1, 0.15) is 22.9 Å². The summed E-state index contributed by atoms with van der Waals surface area (Å²) < 4.78 is 6.91. The van der Waals surface area contributed by atoms with Gasteiger partial charge >= 0.3 is 0 Å². The van der Waals surface area contributed by atoms with E-state index in [2.05, 4.69) is 20.1 Å². The maximum absolute atomic E-state index is 13.4. The summed E-state index contributed by atoms with van der Waals surface area (Å²) in [5.74, 6) is -0.723. The van der Waals surface area contributed by atoms with Crippen LogP contribution in [-0.4, -0.2) is 35.6 Å². The first-order chi connectivity index (χ1) is 15.9. The lowest BCUT2D eigenvalue weighted by Crippen LogP contribution is -2.06. The van der Waals surface area contributed by atoms with Gasteiger partial charge in [-0.1, -0.05) is 46.0 Å². The number of hydrogen-bond acceptors (Lipinski definition) is 7. The zero-order valence-electron chi connectivity index (χ0n) is 16.5. The number of nitrogens with zero attached hydrogens (tertiary/aromatic N) is 5. The Morgan fingerprint density at radius 2 is 1.94 bits per heavy atom. The summed E-state index contributed by atoms with van der Waals surface area (Å²) in [6.45, 7) is 0.266. The highest BCUT2D eigenvalue weighted by molar-refractivity contribution is 6.37. The van der Waals surface area contributed by atoms with Crippen molar-refractivity contribution in [2.45, 2.75) is 6.54 Å². The van der Waals surface area contributed by atoms with Gasteiger partial charge in [0.05, 0.1) is 17.6 Å². The highest BCUT2D eigenvalue weighted by Gasteiger charge is 2.27. The third-order valence-electron chi connectivity index (χ3n) is 4.98.